The van der Waals surface area contributed by atoms with Gasteiger partial charge in [-0.15, -0.1) is 0 Å². The molecule has 172 valence electrons. The molecule has 33 heavy (non-hydrogen) atoms. The second-order valence-corrected chi connectivity index (χ2v) is 8.55. The zero-order valence-electron chi connectivity index (χ0n) is 19.4. The van der Waals surface area contributed by atoms with Crippen molar-refractivity contribution in [3.63, 3.8) is 0 Å². The summed E-state index contributed by atoms with van der Waals surface area (Å²) >= 11 is 1.71. The van der Waals surface area contributed by atoms with E-state index in [2.05, 4.69) is 46.2 Å². The fourth-order valence-corrected chi connectivity index (χ4v) is 4.57. The Kier molecular flexibility index (Phi) is 7.32. The average Bonchev–Trinajstić information content (AvgIpc) is 3.36. The van der Waals surface area contributed by atoms with E-state index in [1.807, 2.05) is 30.3 Å². The van der Waals surface area contributed by atoms with Gasteiger partial charge in [-0.2, -0.15) is 11.3 Å². The molecule has 0 saturated heterocycles. The van der Waals surface area contributed by atoms with Crippen LogP contribution in [-0.2, 0) is 19.6 Å². The zero-order valence-corrected chi connectivity index (χ0v) is 20.2. The number of methoxy groups -OCH3 is 3. The van der Waals surface area contributed by atoms with Crippen LogP contribution in [0.25, 0.3) is 10.9 Å². The largest absolute Gasteiger partial charge is 0.496 e. The van der Waals surface area contributed by atoms with Gasteiger partial charge in [0.05, 0.1) is 26.8 Å². The summed E-state index contributed by atoms with van der Waals surface area (Å²) in [4.78, 5) is 7.22. The minimum absolute atomic E-state index is 0.665. The lowest BCUT2D eigenvalue weighted by Gasteiger charge is -2.22. The first-order chi connectivity index (χ1) is 16.1. The summed E-state index contributed by atoms with van der Waals surface area (Å²) in [5.41, 5.74) is 4.37. The Morgan fingerprint density at radius 3 is 2.33 bits per heavy atom. The predicted octanol–water partition coefficient (Wildman–Crippen LogP) is 5.25. The first-order valence-corrected chi connectivity index (χ1v) is 11.7. The lowest BCUT2D eigenvalue weighted by molar-refractivity contribution is 0.356. The van der Waals surface area contributed by atoms with Crippen LogP contribution in [0.5, 0.6) is 17.2 Å². The molecule has 0 aliphatic rings. The molecule has 4 rings (SSSR count). The SMILES string of the molecule is COc1ccccc1CNCc1cc2cc(OC)c(OC)cc2nc1N(C)Cc1ccsc1. The van der Waals surface area contributed by atoms with Crippen LogP contribution < -0.4 is 24.4 Å². The average molecular weight is 464 g/mol. The van der Waals surface area contributed by atoms with Crippen LogP contribution in [0, 0.1) is 0 Å². The van der Waals surface area contributed by atoms with Crippen molar-refractivity contribution in [2.24, 2.45) is 0 Å². The fraction of sp³-hybridized carbons (Fsp3) is 0.269. The number of aromatic nitrogens is 1. The lowest BCUT2D eigenvalue weighted by Crippen LogP contribution is -2.22. The summed E-state index contributed by atoms with van der Waals surface area (Å²) in [5, 5.41) is 8.84. The van der Waals surface area contributed by atoms with Gasteiger partial charge < -0.3 is 24.4 Å². The molecule has 6 nitrogen and oxygen atoms in total. The van der Waals surface area contributed by atoms with Crippen LogP contribution >= 0.6 is 11.3 Å². The molecule has 0 atom stereocenters. The van der Waals surface area contributed by atoms with Gasteiger partial charge in [0.15, 0.2) is 11.5 Å². The van der Waals surface area contributed by atoms with E-state index in [9.17, 15) is 0 Å². The van der Waals surface area contributed by atoms with E-state index >= 15 is 0 Å². The van der Waals surface area contributed by atoms with Gasteiger partial charge in [0.1, 0.15) is 11.6 Å². The maximum atomic E-state index is 5.50. The van der Waals surface area contributed by atoms with Crippen LogP contribution in [0.15, 0.2) is 59.3 Å². The van der Waals surface area contributed by atoms with E-state index in [0.29, 0.717) is 24.6 Å². The van der Waals surface area contributed by atoms with Crippen molar-refractivity contribution in [2.45, 2.75) is 19.6 Å². The van der Waals surface area contributed by atoms with Gasteiger partial charge in [-0.1, -0.05) is 18.2 Å². The lowest BCUT2D eigenvalue weighted by atomic mass is 10.1. The third-order valence-electron chi connectivity index (χ3n) is 5.56. The number of hydrogen-bond acceptors (Lipinski definition) is 7. The molecule has 2 aromatic carbocycles. The number of nitrogens with one attached hydrogen (secondary N) is 1. The summed E-state index contributed by atoms with van der Waals surface area (Å²) in [6, 6.07) is 16.3. The van der Waals surface area contributed by atoms with Crippen molar-refractivity contribution in [1.29, 1.82) is 0 Å². The smallest absolute Gasteiger partial charge is 0.162 e. The number of rotatable bonds is 10. The molecule has 0 spiro atoms. The molecule has 0 unspecified atom stereocenters. The number of thiophene rings is 1. The van der Waals surface area contributed by atoms with Crippen molar-refractivity contribution in [3.8, 4) is 17.2 Å². The van der Waals surface area contributed by atoms with E-state index in [1.54, 1.807) is 32.7 Å². The molecule has 0 amide bonds. The van der Waals surface area contributed by atoms with Gasteiger partial charge in [-0.25, -0.2) is 4.98 Å². The molecule has 0 saturated carbocycles. The van der Waals surface area contributed by atoms with Gasteiger partial charge in [0, 0.05) is 49.3 Å². The first-order valence-electron chi connectivity index (χ1n) is 10.7. The topological polar surface area (TPSA) is 55.9 Å². The second-order valence-electron chi connectivity index (χ2n) is 7.77. The van der Waals surface area contributed by atoms with Crippen molar-refractivity contribution < 1.29 is 14.2 Å². The van der Waals surface area contributed by atoms with Gasteiger partial charge in [0.2, 0.25) is 0 Å². The monoisotopic (exact) mass is 463 g/mol. The fourth-order valence-electron chi connectivity index (χ4n) is 3.91. The molecule has 0 radical (unpaired) electrons. The van der Waals surface area contributed by atoms with Crippen LogP contribution in [0.2, 0.25) is 0 Å². The number of ether oxygens (including phenoxy) is 3. The summed E-state index contributed by atoms with van der Waals surface area (Å²) in [5.74, 6) is 3.19. The Hall–Kier alpha value is -3.29. The molecule has 1 N–H and O–H groups in total. The van der Waals surface area contributed by atoms with Crippen LogP contribution in [0.4, 0.5) is 5.82 Å². The van der Waals surface area contributed by atoms with Gasteiger partial charge in [0.25, 0.3) is 0 Å². The Bertz CT molecular complexity index is 1210. The van der Waals surface area contributed by atoms with E-state index in [4.69, 9.17) is 19.2 Å². The van der Waals surface area contributed by atoms with Crippen molar-refractivity contribution in [2.75, 3.05) is 33.3 Å². The maximum Gasteiger partial charge on any atom is 0.162 e. The number of pyridine rings is 1. The molecule has 0 fully saturated rings. The number of nitrogens with zero attached hydrogens (tertiary/aromatic N) is 2. The van der Waals surface area contributed by atoms with Gasteiger partial charge in [-0.3, -0.25) is 0 Å². The molecule has 2 heterocycles. The van der Waals surface area contributed by atoms with Crippen LogP contribution in [-0.4, -0.2) is 33.4 Å². The molecular formula is C26H29N3O3S. The standard InChI is InChI=1S/C26H29N3O3S/c1-29(16-18-9-10-33-17-18)26-21(15-27-14-19-7-5-6-8-23(19)30-2)11-20-12-24(31-3)25(32-4)13-22(20)28-26/h5-13,17,27H,14-16H2,1-4H3. The maximum absolute atomic E-state index is 5.50. The summed E-state index contributed by atoms with van der Waals surface area (Å²) in [6.45, 7) is 2.15. The van der Waals surface area contributed by atoms with Gasteiger partial charge >= 0.3 is 0 Å². The number of anilines is 1. The molecule has 0 bridgehead atoms. The molecular weight excluding hydrogens is 434 g/mol. The summed E-state index contributed by atoms with van der Waals surface area (Å²) in [6.07, 6.45) is 0. The quantitative estimate of drug-likeness (QED) is 0.347. The van der Waals surface area contributed by atoms with Crippen LogP contribution in [0.3, 0.4) is 0 Å². The Balaban J connectivity index is 1.66. The summed E-state index contributed by atoms with van der Waals surface area (Å²) < 4.78 is 16.5. The predicted molar refractivity (Wildman–Crippen MR) is 135 cm³/mol. The van der Waals surface area contributed by atoms with E-state index in [-0.39, 0.29) is 0 Å². The number of benzene rings is 2. The minimum atomic E-state index is 0.665. The highest BCUT2D eigenvalue weighted by Crippen LogP contribution is 2.34. The van der Waals surface area contributed by atoms with Gasteiger partial charge in [-0.05, 0) is 40.6 Å². The third-order valence-corrected chi connectivity index (χ3v) is 6.29. The Labute approximate surface area is 198 Å². The molecule has 4 aromatic rings. The molecule has 0 aliphatic carbocycles. The number of fused-ring (bicyclic) bond motifs is 1. The van der Waals surface area contributed by atoms with Crippen LogP contribution in [0.1, 0.15) is 16.7 Å². The summed E-state index contributed by atoms with van der Waals surface area (Å²) in [7, 11) is 7.07. The van der Waals surface area contributed by atoms with E-state index in [0.717, 1.165) is 40.1 Å². The number of hydrogen-bond donors (Lipinski definition) is 1. The first kappa shape index (κ1) is 22.9. The van der Waals surface area contributed by atoms with Crippen molar-refractivity contribution in [3.05, 3.63) is 76.0 Å². The zero-order chi connectivity index (χ0) is 23.2. The normalized spacial score (nSPS) is 10.9. The van der Waals surface area contributed by atoms with E-state index in [1.165, 1.54) is 5.56 Å². The highest BCUT2D eigenvalue weighted by molar-refractivity contribution is 7.07. The van der Waals surface area contributed by atoms with Crippen molar-refractivity contribution >= 4 is 28.1 Å². The van der Waals surface area contributed by atoms with Crippen molar-refractivity contribution in [1.82, 2.24) is 10.3 Å². The Morgan fingerprint density at radius 1 is 0.879 bits per heavy atom. The molecule has 2 aromatic heterocycles. The van der Waals surface area contributed by atoms with E-state index < -0.39 is 0 Å². The highest BCUT2D eigenvalue weighted by Gasteiger charge is 2.15. The molecule has 7 heteroatoms. The Morgan fingerprint density at radius 2 is 1.61 bits per heavy atom. The second kappa shape index (κ2) is 10.6. The number of para-hydroxylation sites is 1. The highest BCUT2D eigenvalue weighted by atomic mass is 32.1. The third kappa shape index (κ3) is 5.21. The molecule has 0 aliphatic heterocycles. The minimum Gasteiger partial charge on any atom is -0.496 e.